The van der Waals surface area contributed by atoms with E-state index >= 15 is 0 Å². The highest BCUT2D eigenvalue weighted by atomic mass is 32.2. The Kier molecular flexibility index (Phi) is 4.93. The lowest BCUT2D eigenvalue weighted by atomic mass is 9.92. The van der Waals surface area contributed by atoms with Crippen molar-refractivity contribution in [3.8, 4) is 11.4 Å². The average molecular weight is 350 g/mol. The van der Waals surface area contributed by atoms with Gasteiger partial charge in [-0.1, -0.05) is 0 Å². The van der Waals surface area contributed by atoms with Gasteiger partial charge in [-0.25, -0.2) is 0 Å². The minimum absolute atomic E-state index is 0.400. The van der Waals surface area contributed by atoms with Crippen molar-refractivity contribution in [2.45, 2.75) is 19.3 Å². The third-order valence-corrected chi connectivity index (χ3v) is 6.31. The third-order valence-electron chi connectivity index (χ3n) is 4.37. The standard InChI is InChI=1S/C15H22N6O2S/c1-20(2)24(22,23)21-9-4-12(5-10-21)11-14-15(17-8-7-16-14)13-3-6-18-19-13/h3,6-8,12H,4-5,9-11H2,1-2H3,(H,18,19). The minimum atomic E-state index is -3.31. The van der Waals surface area contributed by atoms with E-state index in [0.717, 1.165) is 36.3 Å². The highest BCUT2D eigenvalue weighted by Gasteiger charge is 2.30. The van der Waals surface area contributed by atoms with E-state index in [1.54, 1.807) is 37.0 Å². The van der Waals surface area contributed by atoms with Crippen molar-refractivity contribution in [2.75, 3.05) is 27.2 Å². The van der Waals surface area contributed by atoms with Crippen LogP contribution < -0.4 is 0 Å². The van der Waals surface area contributed by atoms with Gasteiger partial charge in [0.15, 0.2) is 0 Å². The summed E-state index contributed by atoms with van der Waals surface area (Å²) in [4.78, 5) is 8.89. The number of nitrogens with zero attached hydrogens (tertiary/aromatic N) is 5. The first kappa shape index (κ1) is 17.0. The van der Waals surface area contributed by atoms with Gasteiger partial charge in [-0.15, -0.1) is 0 Å². The molecule has 0 atom stereocenters. The van der Waals surface area contributed by atoms with Crippen LogP contribution in [0.4, 0.5) is 0 Å². The lowest BCUT2D eigenvalue weighted by molar-refractivity contribution is 0.261. The summed E-state index contributed by atoms with van der Waals surface area (Å²) < 4.78 is 27.2. The number of nitrogens with one attached hydrogen (secondary N) is 1. The second-order valence-corrected chi connectivity index (χ2v) is 8.30. The number of hydrogen-bond donors (Lipinski definition) is 1. The fraction of sp³-hybridized carbons (Fsp3) is 0.533. The summed E-state index contributed by atoms with van der Waals surface area (Å²) in [6, 6.07) is 1.87. The molecule has 0 radical (unpaired) electrons. The molecule has 1 fully saturated rings. The molecule has 0 amide bonds. The zero-order valence-electron chi connectivity index (χ0n) is 13.9. The molecule has 3 rings (SSSR count). The lowest BCUT2D eigenvalue weighted by Gasteiger charge is -2.32. The van der Waals surface area contributed by atoms with Crippen molar-refractivity contribution < 1.29 is 8.42 Å². The Labute approximate surface area is 142 Å². The highest BCUT2D eigenvalue weighted by Crippen LogP contribution is 2.26. The zero-order chi connectivity index (χ0) is 17.2. The molecular weight excluding hydrogens is 328 g/mol. The molecule has 0 saturated carbocycles. The van der Waals surface area contributed by atoms with Crippen LogP contribution in [0.3, 0.4) is 0 Å². The van der Waals surface area contributed by atoms with Crippen LogP contribution in [0.5, 0.6) is 0 Å². The molecular formula is C15H22N6O2S. The van der Waals surface area contributed by atoms with E-state index in [4.69, 9.17) is 0 Å². The highest BCUT2D eigenvalue weighted by molar-refractivity contribution is 7.86. The lowest BCUT2D eigenvalue weighted by Crippen LogP contribution is -2.44. The Morgan fingerprint density at radius 2 is 1.92 bits per heavy atom. The van der Waals surface area contributed by atoms with Crippen LogP contribution in [0.25, 0.3) is 11.4 Å². The van der Waals surface area contributed by atoms with Crippen molar-refractivity contribution in [1.29, 1.82) is 0 Å². The van der Waals surface area contributed by atoms with Crippen LogP contribution in [0, 0.1) is 5.92 Å². The van der Waals surface area contributed by atoms with Gasteiger partial charge in [-0.2, -0.15) is 22.1 Å². The first-order valence-electron chi connectivity index (χ1n) is 7.95. The Balaban J connectivity index is 1.68. The monoisotopic (exact) mass is 350 g/mol. The molecule has 0 aliphatic carbocycles. The molecule has 1 saturated heterocycles. The summed E-state index contributed by atoms with van der Waals surface area (Å²) in [7, 11) is -0.180. The van der Waals surface area contributed by atoms with Crippen LogP contribution in [-0.4, -0.2) is 64.4 Å². The van der Waals surface area contributed by atoms with E-state index in [2.05, 4.69) is 20.2 Å². The second kappa shape index (κ2) is 6.96. The van der Waals surface area contributed by atoms with Gasteiger partial charge in [0.25, 0.3) is 10.2 Å². The normalized spacial score (nSPS) is 17.5. The summed E-state index contributed by atoms with van der Waals surface area (Å²) in [6.45, 7) is 1.09. The minimum Gasteiger partial charge on any atom is -0.276 e. The van der Waals surface area contributed by atoms with Gasteiger partial charge in [0.2, 0.25) is 0 Å². The number of piperidine rings is 1. The van der Waals surface area contributed by atoms with Gasteiger partial charge in [0.05, 0.1) is 11.4 Å². The molecule has 0 bridgehead atoms. The van der Waals surface area contributed by atoms with Crippen LogP contribution in [-0.2, 0) is 16.6 Å². The fourth-order valence-corrected chi connectivity index (χ4v) is 4.11. The van der Waals surface area contributed by atoms with Crippen molar-refractivity contribution in [3.63, 3.8) is 0 Å². The molecule has 24 heavy (non-hydrogen) atoms. The largest absolute Gasteiger partial charge is 0.281 e. The van der Waals surface area contributed by atoms with Gasteiger partial charge >= 0.3 is 0 Å². The van der Waals surface area contributed by atoms with Crippen molar-refractivity contribution in [2.24, 2.45) is 5.92 Å². The number of aromatic amines is 1. The van der Waals surface area contributed by atoms with Gasteiger partial charge in [-0.3, -0.25) is 15.1 Å². The molecule has 3 heterocycles. The van der Waals surface area contributed by atoms with Crippen LogP contribution in [0.1, 0.15) is 18.5 Å². The first-order valence-corrected chi connectivity index (χ1v) is 9.35. The van der Waals surface area contributed by atoms with Crippen molar-refractivity contribution in [1.82, 2.24) is 28.8 Å². The molecule has 0 spiro atoms. The van der Waals surface area contributed by atoms with Crippen LogP contribution >= 0.6 is 0 Å². The Morgan fingerprint density at radius 1 is 1.21 bits per heavy atom. The third kappa shape index (κ3) is 3.47. The number of rotatable bonds is 5. The van der Waals surface area contributed by atoms with Crippen LogP contribution in [0.2, 0.25) is 0 Å². The predicted molar refractivity (Wildman–Crippen MR) is 90.2 cm³/mol. The summed E-state index contributed by atoms with van der Waals surface area (Å²) in [5.74, 6) is 0.400. The Morgan fingerprint density at radius 3 is 2.54 bits per heavy atom. The first-order chi connectivity index (χ1) is 11.5. The molecule has 1 N–H and O–H groups in total. The molecule has 2 aromatic rings. The van der Waals surface area contributed by atoms with Crippen LogP contribution in [0.15, 0.2) is 24.7 Å². The number of H-pyrrole nitrogens is 1. The van der Waals surface area contributed by atoms with Gasteiger partial charge < -0.3 is 0 Å². The van der Waals surface area contributed by atoms with E-state index in [0.29, 0.717) is 19.0 Å². The average Bonchev–Trinajstić information content (AvgIpc) is 3.10. The molecule has 130 valence electrons. The molecule has 8 nitrogen and oxygen atoms in total. The van der Waals surface area contributed by atoms with E-state index < -0.39 is 10.2 Å². The fourth-order valence-electron chi connectivity index (χ4n) is 2.98. The van der Waals surface area contributed by atoms with Gasteiger partial charge in [0, 0.05) is 45.8 Å². The molecule has 1 aliphatic rings. The van der Waals surface area contributed by atoms with E-state index in [1.807, 2.05) is 6.07 Å². The summed E-state index contributed by atoms with van der Waals surface area (Å²) >= 11 is 0. The van der Waals surface area contributed by atoms with Gasteiger partial charge in [-0.05, 0) is 31.2 Å². The zero-order valence-corrected chi connectivity index (χ0v) is 14.7. The molecule has 2 aromatic heterocycles. The molecule has 1 aliphatic heterocycles. The van der Waals surface area contributed by atoms with Crippen molar-refractivity contribution in [3.05, 3.63) is 30.4 Å². The summed E-state index contributed by atoms with van der Waals surface area (Å²) in [5, 5.41) is 6.89. The quantitative estimate of drug-likeness (QED) is 0.865. The van der Waals surface area contributed by atoms with E-state index in [9.17, 15) is 8.42 Å². The topological polar surface area (TPSA) is 95.1 Å². The maximum absolute atomic E-state index is 12.2. The summed E-state index contributed by atoms with van der Waals surface area (Å²) in [5.41, 5.74) is 2.60. The van der Waals surface area contributed by atoms with E-state index in [1.165, 1.54) is 4.31 Å². The number of aromatic nitrogens is 4. The van der Waals surface area contributed by atoms with Gasteiger partial charge in [0.1, 0.15) is 5.69 Å². The predicted octanol–water partition coefficient (Wildman–Crippen LogP) is 0.928. The number of hydrogen-bond acceptors (Lipinski definition) is 5. The maximum atomic E-state index is 12.2. The SMILES string of the molecule is CN(C)S(=O)(=O)N1CCC(Cc2nccnc2-c2ccn[nH]2)CC1. The smallest absolute Gasteiger partial charge is 0.276 e. The Bertz CT molecular complexity index is 767. The maximum Gasteiger partial charge on any atom is 0.281 e. The molecule has 0 aromatic carbocycles. The molecule has 0 unspecified atom stereocenters. The van der Waals surface area contributed by atoms with Crippen molar-refractivity contribution >= 4 is 10.2 Å². The summed E-state index contributed by atoms with van der Waals surface area (Å²) in [6.07, 6.45) is 7.50. The Hall–Kier alpha value is -1.84. The second-order valence-electron chi connectivity index (χ2n) is 6.16. The molecule has 9 heteroatoms. The van der Waals surface area contributed by atoms with E-state index in [-0.39, 0.29) is 0 Å².